The number of Topliss-reactive ketones (excluding diaryl/α,β-unsaturated/α-hetero) is 1. The van der Waals surface area contributed by atoms with Crippen LogP contribution in [0.3, 0.4) is 0 Å². The van der Waals surface area contributed by atoms with Gasteiger partial charge in [-0.15, -0.1) is 0 Å². The van der Waals surface area contributed by atoms with Gasteiger partial charge in [0, 0.05) is 19.4 Å². The number of aryl methyl sites for hydroxylation is 1. The van der Waals surface area contributed by atoms with Gasteiger partial charge in [-0.2, -0.15) is 0 Å². The maximum Gasteiger partial charge on any atom is 0.261 e. The Bertz CT molecular complexity index is 1200. The second-order valence-electron chi connectivity index (χ2n) is 13.9. The Morgan fingerprint density at radius 2 is 1.29 bits per heavy atom. The lowest BCUT2D eigenvalue weighted by molar-refractivity contribution is -0.120. The minimum atomic E-state index is -2.66. The Kier molecular flexibility index (Phi) is 11.6. The smallest absolute Gasteiger partial charge is 0.261 e. The highest BCUT2D eigenvalue weighted by atomic mass is 28.4. The second-order valence-corrected chi connectivity index (χ2v) is 23.0. The fraction of sp³-hybridized carbons (Fsp3) is 0.472. The molecule has 0 aliphatic carbocycles. The van der Waals surface area contributed by atoms with Gasteiger partial charge in [0.1, 0.15) is 11.5 Å². The molecule has 0 aliphatic heterocycles. The Morgan fingerprint density at radius 3 is 1.74 bits per heavy atom. The molecule has 3 rings (SSSR count). The molecule has 0 saturated heterocycles. The predicted molar refractivity (Wildman–Crippen MR) is 181 cm³/mol. The molecule has 0 heterocycles. The Morgan fingerprint density at radius 1 is 0.762 bits per heavy atom. The van der Waals surface area contributed by atoms with Gasteiger partial charge in [0.05, 0.1) is 13.2 Å². The molecule has 0 radical (unpaired) electrons. The van der Waals surface area contributed by atoms with Crippen LogP contribution in [0.4, 0.5) is 0 Å². The van der Waals surface area contributed by atoms with E-state index >= 15 is 0 Å². The molecule has 0 saturated carbocycles. The fourth-order valence-corrected chi connectivity index (χ4v) is 11.3. The van der Waals surface area contributed by atoms with E-state index in [1.165, 1.54) is 10.4 Å². The van der Waals surface area contributed by atoms with Crippen LogP contribution in [0.2, 0.25) is 23.2 Å². The summed E-state index contributed by atoms with van der Waals surface area (Å²) in [7, 11) is -3.10. The largest absolute Gasteiger partial charge is 0.497 e. The number of hydrogen-bond acceptors (Lipinski definition) is 4. The quantitative estimate of drug-likeness (QED) is 0.175. The maximum atomic E-state index is 13.3. The van der Waals surface area contributed by atoms with E-state index in [1.807, 2.05) is 24.3 Å². The van der Waals surface area contributed by atoms with E-state index in [4.69, 9.17) is 13.6 Å². The average Bonchev–Trinajstić information content (AvgIpc) is 2.94. The van der Waals surface area contributed by atoms with E-state index in [0.717, 1.165) is 11.3 Å². The topological polar surface area (TPSA) is 44.8 Å². The zero-order valence-electron chi connectivity index (χ0n) is 27.3. The van der Waals surface area contributed by atoms with Gasteiger partial charge in [-0.05, 0) is 64.1 Å². The normalized spacial score (nSPS) is 13.5. The summed E-state index contributed by atoms with van der Waals surface area (Å²) in [6, 6.07) is 29.4. The zero-order valence-corrected chi connectivity index (χ0v) is 29.3. The van der Waals surface area contributed by atoms with Crippen molar-refractivity contribution in [2.75, 3.05) is 13.7 Å². The van der Waals surface area contributed by atoms with E-state index < -0.39 is 16.6 Å². The summed E-state index contributed by atoms with van der Waals surface area (Å²) in [6.07, 6.45) is 2.14. The molecule has 228 valence electrons. The first-order valence-corrected chi connectivity index (χ1v) is 20.1. The second kappa shape index (κ2) is 14.3. The Hall–Kier alpha value is -2.52. The number of ketones is 1. The Balaban J connectivity index is 1.82. The summed E-state index contributed by atoms with van der Waals surface area (Å²) in [5.41, 5.74) is 1.14. The number of methoxy groups -OCH3 is 1. The van der Waals surface area contributed by atoms with Crippen molar-refractivity contribution in [3.8, 4) is 5.75 Å². The lowest BCUT2D eigenvalue weighted by atomic mass is 10.0. The third kappa shape index (κ3) is 8.53. The zero-order chi connectivity index (χ0) is 31.0. The van der Waals surface area contributed by atoms with Crippen LogP contribution in [0.1, 0.15) is 66.4 Å². The van der Waals surface area contributed by atoms with Crippen molar-refractivity contribution >= 4 is 32.8 Å². The fourth-order valence-electron chi connectivity index (χ4n) is 5.33. The Labute approximate surface area is 257 Å². The molecule has 0 aromatic heterocycles. The minimum Gasteiger partial charge on any atom is -0.497 e. The van der Waals surface area contributed by atoms with Crippen molar-refractivity contribution in [3.05, 3.63) is 90.5 Å². The van der Waals surface area contributed by atoms with Crippen LogP contribution in [0, 0.1) is 0 Å². The van der Waals surface area contributed by atoms with Gasteiger partial charge in [0.2, 0.25) is 0 Å². The molecule has 0 fully saturated rings. The van der Waals surface area contributed by atoms with E-state index in [9.17, 15) is 4.79 Å². The van der Waals surface area contributed by atoms with Gasteiger partial charge >= 0.3 is 0 Å². The number of carbonyl (C=O) groups is 1. The summed E-state index contributed by atoms with van der Waals surface area (Å²) >= 11 is 0. The number of benzene rings is 3. The molecular formula is C36H52O4Si2. The lowest BCUT2D eigenvalue weighted by Gasteiger charge is -2.43. The average molecular weight is 605 g/mol. The highest BCUT2D eigenvalue weighted by Gasteiger charge is 2.50. The van der Waals surface area contributed by atoms with Gasteiger partial charge in [0.25, 0.3) is 8.32 Å². The molecule has 4 nitrogen and oxygen atoms in total. The van der Waals surface area contributed by atoms with Crippen molar-refractivity contribution in [1.29, 1.82) is 0 Å². The molecule has 1 atom stereocenters. The van der Waals surface area contributed by atoms with E-state index in [0.29, 0.717) is 32.3 Å². The molecule has 42 heavy (non-hydrogen) atoms. The SMILES string of the molecule is COc1ccc(CCC(=O)CC(CCO[Si](c2ccccc2)(c2ccccc2)C(C)(C)C)O[Si](C)(C)C(C)(C)C)cc1. The van der Waals surface area contributed by atoms with E-state index in [1.54, 1.807) is 7.11 Å². The molecule has 0 bridgehead atoms. The van der Waals surface area contributed by atoms with Crippen molar-refractivity contribution in [1.82, 2.24) is 0 Å². The number of hydrogen-bond donors (Lipinski definition) is 0. The van der Waals surface area contributed by atoms with Gasteiger partial charge in [-0.1, -0.05) is 114 Å². The van der Waals surface area contributed by atoms with Crippen molar-refractivity contribution in [2.45, 2.75) is 96.5 Å². The molecule has 0 aliphatic rings. The number of carbonyl (C=O) groups excluding carboxylic acids is 1. The molecule has 3 aromatic rings. The molecule has 0 amide bonds. The first kappa shape index (κ1) is 34.0. The van der Waals surface area contributed by atoms with Crippen molar-refractivity contribution < 1.29 is 18.4 Å². The summed E-state index contributed by atoms with van der Waals surface area (Å²) in [5, 5.41) is 2.48. The standard InChI is InChI=1S/C36H52O4Si2/c1-35(2,3)41(8,9)40-32(28-30(37)23-20-29-21-24-31(38-7)25-22-29)26-27-39-42(36(4,5)6,33-16-12-10-13-17-33)34-18-14-11-15-19-34/h10-19,21-22,24-25,32H,20,23,26-28H2,1-9H3. The van der Waals surface area contributed by atoms with Gasteiger partial charge < -0.3 is 13.6 Å². The number of ether oxygens (including phenoxy) is 1. The van der Waals surface area contributed by atoms with Crippen LogP contribution < -0.4 is 15.1 Å². The molecular weight excluding hydrogens is 553 g/mol. The molecule has 1 unspecified atom stereocenters. The third-order valence-corrected chi connectivity index (χ3v) is 18.3. The van der Waals surface area contributed by atoms with Crippen LogP contribution in [0.5, 0.6) is 5.75 Å². The van der Waals surface area contributed by atoms with Crippen molar-refractivity contribution in [2.24, 2.45) is 0 Å². The van der Waals surface area contributed by atoms with Crippen LogP contribution in [-0.2, 0) is 20.1 Å². The molecule has 0 spiro atoms. The van der Waals surface area contributed by atoms with E-state index in [2.05, 4.69) is 115 Å². The van der Waals surface area contributed by atoms with Crippen LogP contribution >= 0.6 is 0 Å². The molecule has 6 heteroatoms. The van der Waals surface area contributed by atoms with Gasteiger partial charge in [-0.3, -0.25) is 4.79 Å². The van der Waals surface area contributed by atoms with Crippen LogP contribution in [-0.4, -0.2) is 42.2 Å². The summed E-state index contributed by atoms with van der Waals surface area (Å²) < 4.78 is 19.4. The minimum absolute atomic E-state index is 0.0518. The van der Waals surface area contributed by atoms with Gasteiger partial charge in [-0.25, -0.2) is 0 Å². The predicted octanol–water partition coefficient (Wildman–Crippen LogP) is 7.94. The van der Waals surface area contributed by atoms with E-state index in [-0.39, 0.29) is 22.0 Å². The molecule has 0 N–H and O–H groups in total. The molecule has 3 aromatic carbocycles. The lowest BCUT2D eigenvalue weighted by Crippen LogP contribution is -2.66. The van der Waals surface area contributed by atoms with Crippen molar-refractivity contribution in [3.63, 3.8) is 0 Å². The summed E-state index contributed by atoms with van der Waals surface area (Å²) in [4.78, 5) is 13.3. The highest BCUT2D eigenvalue weighted by molar-refractivity contribution is 6.99. The summed E-state index contributed by atoms with van der Waals surface area (Å²) in [5.74, 6) is 1.06. The number of rotatable bonds is 14. The monoisotopic (exact) mass is 604 g/mol. The van der Waals surface area contributed by atoms with Crippen LogP contribution in [0.25, 0.3) is 0 Å². The highest BCUT2D eigenvalue weighted by Crippen LogP contribution is 2.39. The first-order chi connectivity index (χ1) is 19.7. The van der Waals surface area contributed by atoms with Crippen LogP contribution in [0.15, 0.2) is 84.9 Å². The first-order valence-electron chi connectivity index (χ1n) is 15.3. The third-order valence-electron chi connectivity index (χ3n) is 8.75. The summed E-state index contributed by atoms with van der Waals surface area (Å²) in [6.45, 7) is 18.7. The van der Waals surface area contributed by atoms with Gasteiger partial charge in [0.15, 0.2) is 8.32 Å². The maximum absolute atomic E-state index is 13.3.